The second-order valence-corrected chi connectivity index (χ2v) is 6.39. The molecule has 0 bridgehead atoms. The highest BCUT2D eigenvalue weighted by molar-refractivity contribution is 5.76. The van der Waals surface area contributed by atoms with E-state index in [0.29, 0.717) is 0 Å². The van der Waals surface area contributed by atoms with E-state index in [2.05, 4.69) is 20.8 Å². The standard InChI is InChI=1S/C17H32O2/c1-4-7-8-9-13-17(15(18)19)14-11-10-12-16(17,5-2)6-3/h4-14H2,1-3H3,(H,18,19). The van der Waals surface area contributed by atoms with Gasteiger partial charge in [0.15, 0.2) is 0 Å². The Kier molecular flexibility index (Phi) is 6.35. The smallest absolute Gasteiger partial charge is 0.310 e. The highest BCUT2D eigenvalue weighted by atomic mass is 16.4. The quantitative estimate of drug-likeness (QED) is 0.598. The van der Waals surface area contributed by atoms with E-state index in [1.165, 1.54) is 25.7 Å². The van der Waals surface area contributed by atoms with Crippen LogP contribution in [-0.2, 0) is 4.79 Å². The van der Waals surface area contributed by atoms with Gasteiger partial charge in [0.2, 0.25) is 0 Å². The van der Waals surface area contributed by atoms with Crippen LogP contribution in [0.15, 0.2) is 0 Å². The lowest BCUT2D eigenvalue weighted by Crippen LogP contribution is -2.49. The Balaban J connectivity index is 2.89. The lowest BCUT2D eigenvalue weighted by molar-refractivity contribution is -0.166. The molecule has 1 aliphatic rings. The number of carboxylic acids is 1. The van der Waals surface area contributed by atoms with E-state index in [0.717, 1.165) is 44.9 Å². The third kappa shape index (κ3) is 3.14. The van der Waals surface area contributed by atoms with Gasteiger partial charge in [-0.2, -0.15) is 0 Å². The second-order valence-electron chi connectivity index (χ2n) is 6.39. The van der Waals surface area contributed by atoms with Gasteiger partial charge in [-0.15, -0.1) is 0 Å². The van der Waals surface area contributed by atoms with Crippen LogP contribution in [0, 0.1) is 10.8 Å². The Morgan fingerprint density at radius 2 is 1.63 bits per heavy atom. The van der Waals surface area contributed by atoms with Gasteiger partial charge in [-0.3, -0.25) is 4.79 Å². The summed E-state index contributed by atoms with van der Waals surface area (Å²) in [5.41, 5.74) is -0.397. The van der Waals surface area contributed by atoms with Crippen LogP contribution in [-0.4, -0.2) is 11.1 Å². The van der Waals surface area contributed by atoms with E-state index < -0.39 is 11.4 Å². The number of aliphatic carboxylic acids is 1. The van der Waals surface area contributed by atoms with E-state index in [1.54, 1.807) is 0 Å². The molecule has 0 spiro atoms. The van der Waals surface area contributed by atoms with Crippen LogP contribution in [0.2, 0.25) is 0 Å². The molecule has 0 aromatic rings. The molecule has 1 saturated carbocycles. The van der Waals surface area contributed by atoms with Crippen molar-refractivity contribution in [1.82, 2.24) is 0 Å². The molecule has 112 valence electrons. The molecule has 19 heavy (non-hydrogen) atoms. The molecule has 0 heterocycles. The van der Waals surface area contributed by atoms with Crippen LogP contribution in [0.1, 0.15) is 91.4 Å². The van der Waals surface area contributed by atoms with Crippen LogP contribution in [0.25, 0.3) is 0 Å². The van der Waals surface area contributed by atoms with Crippen molar-refractivity contribution >= 4 is 5.97 Å². The normalized spacial score (nSPS) is 26.3. The molecule has 0 amide bonds. The molecule has 0 radical (unpaired) electrons. The number of carboxylic acid groups (broad SMARTS) is 1. The largest absolute Gasteiger partial charge is 0.481 e. The summed E-state index contributed by atoms with van der Waals surface area (Å²) in [6.45, 7) is 6.59. The predicted octanol–water partition coefficient (Wildman–Crippen LogP) is 5.41. The summed E-state index contributed by atoms with van der Waals surface area (Å²) in [6, 6.07) is 0. The summed E-state index contributed by atoms with van der Waals surface area (Å²) in [4.78, 5) is 12.1. The fourth-order valence-electron chi connectivity index (χ4n) is 4.36. The first kappa shape index (κ1) is 16.5. The van der Waals surface area contributed by atoms with E-state index in [4.69, 9.17) is 0 Å². The third-order valence-electron chi connectivity index (χ3n) is 5.74. The van der Waals surface area contributed by atoms with E-state index in [9.17, 15) is 9.90 Å². The second kappa shape index (κ2) is 7.31. The number of rotatable bonds is 8. The minimum Gasteiger partial charge on any atom is -0.481 e. The van der Waals surface area contributed by atoms with Gasteiger partial charge in [0, 0.05) is 0 Å². The molecule has 0 aliphatic heterocycles. The van der Waals surface area contributed by atoms with E-state index >= 15 is 0 Å². The van der Waals surface area contributed by atoms with Gasteiger partial charge < -0.3 is 5.11 Å². The van der Waals surface area contributed by atoms with Crippen molar-refractivity contribution < 1.29 is 9.90 Å². The van der Waals surface area contributed by atoms with Crippen molar-refractivity contribution in [2.45, 2.75) is 91.4 Å². The summed E-state index contributed by atoms with van der Waals surface area (Å²) in [5.74, 6) is -0.521. The van der Waals surface area contributed by atoms with Crippen LogP contribution < -0.4 is 0 Å². The zero-order valence-corrected chi connectivity index (χ0v) is 13.1. The lowest BCUT2D eigenvalue weighted by atomic mass is 9.52. The minimum atomic E-state index is -0.521. The molecule has 1 unspecified atom stereocenters. The Morgan fingerprint density at radius 3 is 2.16 bits per heavy atom. The first-order valence-corrected chi connectivity index (χ1v) is 8.32. The molecule has 2 nitrogen and oxygen atoms in total. The highest BCUT2D eigenvalue weighted by Gasteiger charge is 2.54. The summed E-state index contributed by atoms with van der Waals surface area (Å²) in [7, 11) is 0. The zero-order valence-electron chi connectivity index (χ0n) is 13.1. The third-order valence-corrected chi connectivity index (χ3v) is 5.74. The molecule has 0 aromatic carbocycles. The molecule has 1 N–H and O–H groups in total. The van der Waals surface area contributed by atoms with Gasteiger partial charge >= 0.3 is 5.97 Å². The molecular weight excluding hydrogens is 236 g/mol. The Labute approximate surface area is 119 Å². The minimum absolute atomic E-state index is 0.0449. The van der Waals surface area contributed by atoms with Crippen LogP contribution in [0.4, 0.5) is 0 Å². The first-order valence-electron chi connectivity index (χ1n) is 8.32. The summed E-state index contributed by atoms with van der Waals surface area (Å²) >= 11 is 0. The maximum Gasteiger partial charge on any atom is 0.310 e. The lowest BCUT2D eigenvalue weighted by Gasteiger charge is -2.51. The maximum absolute atomic E-state index is 12.1. The Morgan fingerprint density at radius 1 is 1.00 bits per heavy atom. The number of hydrogen-bond donors (Lipinski definition) is 1. The Hall–Kier alpha value is -0.530. The summed E-state index contributed by atoms with van der Waals surface area (Å²) in [5, 5.41) is 9.94. The van der Waals surface area contributed by atoms with Gasteiger partial charge in [-0.05, 0) is 37.5 Å². The van der Waals surface area contributed by atoms with Crippen molar-refractivity contribution in [1.29, 1.82) is 0 Å². The van der Waals surface area contributed by atoms with E-state index in [-0.39, 0.29) is 5.41 Å². The van der Waals surface area contributed by atoms with Crippen molar-refractivity contribution in [3.63, 3.8) is 0 Å². The van der Waals surface area contributed by atoms with Crippen LogP contribution in [0.5, 0.6) is 0 Å². The van der Waals surface area contributed by atoms with Gasteiger partial charge in [0.05, 0.1) is 5.41 Å². The van der Waals surface area contributed by atoms with Crippen LogP contribution >= 0.6 is 0 Å². The number of carbonyl (C=O) groups is 1. The number of unbranched alkanes of at least 4 members (excludes halogenated alkanes) is 3. The Bertz CT molecular complexity index is 281. The first-order chi connectivity index (χ1) is 9.08. The van der Waals surface area contributed by atoms with Crippen molar-refractivity contribution in [2.75, 3.05) is 0 Å². The molecule has 1 atom stereocenters. The molecule has 0 aromatic heterocycles. The summed E-state index contributed by atoms with van der Waals surface area (Å²) in [6.07, 6.45) is 12.0. The monoisotopic (exact) mass is 268 g/mol. The van der Waals surface area contributed by atoms with Crippen molar-refractivity contribution in [3.8, 4) is 0 Å². The molecule has 1 rings (SSSR count). The topological polar surface area (TPSA) is 37.3 Å². The molecule has 1 aliphatic carbocycles. The van der Waals surface area contributed by atoms with Gasteiger partial charge in [-0.1, -0.05) is 59.3 Å². The molecule has 0 saturated heterocycles. The molecule has 2 heteroatoms. The van der Waals surface area contributed by atoms with Crippen molar-refractivity contribution in [3.05, 3.63) is 0 Å². The average molecular weight is 268 g/mol. The SMILES string of the molecule is CCCCCCC1(C(=O)O)CCCCC1(CC)CC. The van der Waals surface area contributed by atoms with Crippen LogP contribution in [0.3, 0.4) is 0 Å². The predicted molar refractivity (Wildman–Crippen MR) is 80.3 cm³/mol. The molecule has 1 fully saturated rings. The fraction of sp³-hybridized carbons (Fsp3) is 0.941. The zero-order chi connectivity index (χ0) is 14.4. The molecular formula is C17H32O2. The van der Waals surface area contributed by atoms with Gasteiger partial charge in [-0.25, -0.2) is 0 Å². The number of hydrogen-bond acceptors (Lipinski definition) is 1. The summed E-state index contributed by atoms with van der Waals surface area (Å²) < 4.78 is 0. The van der Waals surface area contributed by atoms with Gasteiger partial charge in [0.1, 0.15) is 0 Å². The fourth-order valence-corrected chi connectivity index (χ4v) is 4.36. The maximum atomic E-state index is 12.1. The van der Waals surface area contributed by atoms with Gasteiger partial charge in [0.25, 0.3) is 0 Å². The highest BCUT2D eigenvalue weighted by Crippen LogP contribution is 2.57. The van der Waals surface area contributed by atoms with Crippen molar-refractivity contribution in [2.24, 2.45) is 10.8 Å². The average Bonchev–Trinajstić information content (AvgIpc) is 2.43. The van der Waals surface area contributed by atoms with E-state index in [1.807, 2.05) is 0 Å².